The molecule has 0 aliphatic heterocycles. The lowest BCUT2D eigenvalue weighted by Gasteiger charge is -2.33. The van der Waals surface area contributed by atoms with E-state index in [0.717, 1.165) is 17.8 Å². The molecule has 1 aromatic rings. The third-order valence-corrected chi connectivity index (χ3v) is 4.18. The van der Waals surface area contributed by atoms with Gasteiger partial charge in [0.25, 0.3) is 5.91 Å². The maximum Gasteiger partial charge on any atom is 0.253 e. The molecule has 0 spiro atoms. The first-order valence-corrected chi connectivity index (χ1v) is 7.20. The maximum atomic E-state index is 12.3. The van der Waals surface area contributed by atoms with Crippen molar-refractivity contribution in [2.45, 2.75) is 39.0 Å². The van der Waals surface area contributed by atoms with Gasteiger partial charge in [0.05, 0.1) is 5.56 Å². The summed E-state index contributed by atoms with van der Waals surface area (Å²) >= 11 is 0. The number of nitrogens with one attached hydrogen (secondary N) is 2. The lowest BCUT2D eigenvalue weighted by molar-refractivity contribution is 0.0920. The summed E-state index contributed by atoms with van der Waals surface area (Å²) in [6.07, 6.45) is 6.37. The Bertz CT molecular complexity index is 436. The van der Waals surface area contributed by atoms with E-state index in [4.69, 9.17) is 0 Å². The highest BCUT2D eigenvalue weighted by molar-refractivity contribution is 5.99. The van der Waals surface area contributed by atoms with E-state index >= 15 is 0 Å². The topological polar surface area (TPSA) is 41.1 Å². The van der Waals surface area contributed by atoms with Gasteiger partial charge >= 0.3 is 0 Å². The van der Waals surface area contributed by atoms with Gasteiger partial charge in [0.15, 0.2) is 0 Å². The smallest absolute Gasteiger partial charge is 0.253 e. The molecule has 1 aliphatic carbocycles. The number of hydrogen-bond donors (Lipinski definition) is 2. The number of amides is 1. The summed E-state index contributed by atoms with van der Waals surface area (Å²) in [5.41, 5.74) is 1.89. The zero-order valence-electron chi connectivity index (χ0n) is 12.0. The fourth-order valence-electron chi connectivity index (χ4n) is 2.87. The molecule has 1 aromatic carbocycles. The minimum Gasteiger partial charge on any atom is -0.387 e. The Balaban J connectivity index is 1.97. The molecule has 3 nitrogen and oxygen atoms in total. The van der Waals surface area contributed by atoms with Crippen LogP contribution in [0, 0.1) is 5.41 Å². The van der Waals surface area contributed by atoms with E-state index in [1.165, 1.54) is 32.1 Å². The van der Waals surface area contributed by atoms with Gasteiger partial charge in [0.2, 0.25) is 0 Å². The molecule has 0 saturated heterocycles. The van der Waals surface area contributed by atoms with Crippen molar-refractivity contribution in [1.29, 1.82) is 0 Å². The molecule has 0 atom stereocenters. The van der Waals surface area contributed by atoms with Gasteiger partial charge < -0.3 is 10.6 Å². The van der Waals surface area contributed by atoms with E-state index in [2.05, 4.69) is 17.6 Å². The van der Waals surface area contributed by atoms with Crippen LogP contribution in [0.25, 0.3) is 0 Å². The molecule has 1 amide bonds. The summed E-state index contributed by atoms with van der Waals surface area (Å²) < 4.78 is 0. The molecular formula is C16H24N2O. The molecule has 1 saturated carbocycles. The van der Waals surface area contributed by atoms with Crippen LogP contribution in [0.2, 0.25) is 0 Å². The maximum absolute atomic E-state index is 12.3. The first kappa shape index (κ1) is 13.9. The van der Waals surface area contributed by atoms with Crippen LogP contribution >= 0.6 is 0 Å². The van der Waals surface area contributed by atoms with Crippen molar-refractivity contribution in [3.05, 3.63) is 29.8 Å². The molecule has 0 aromatic heterocycles. The van der Waals surface area contributed by atoms with Crippen molar-refractivity contribution in [1.82, 2.24) is 5.32 Å². The number of rotatable bonds is 4. The molecule has 104 valence electrons. The van der Waals surface area contributed by atoms with Crippen molar-refractivity contribution in [3.63, 3.8) is 0 Å². The predicted octanol–water partition coefficient (Wildman–Crippen LogP) is 3.43. The first-order chi connectivity index (χ1) is 9.14. The fourth-order valence-corrected chi connectivity index (χ4v) is 2.87. The van der Waals surface area contributed by atoms with Crippen molar-refractivity contribution < 1.29 is 4.79 Å². The molecule has 0 radical (unpaired) electrons. The second kappa shape index (κ2) is 6.09. The summed E-state index contributed by atoms with van der Waals surface area (Å²) in [6.45, 7) is 3.07. The molecule has 0 unspecified atom stereocenters. The normalized spacial score (nSPS) is 17.8. The van der Waals surface area contributed by atoms with Crippen LogP contribution in [0.5, 0.6) is 0 Å². The number of para-hydroxylation sites is 1. The van der Waals surface area contributed by atoms with Crippen LogP contribution in [0.3, 0.4) is 0 Å². The zero-order chi connectivity index (χ0) is 13.7. The third kappa shape index (κ3) is 3.49. The molecule has 3 heteroatoms. The largest absolute Gasteiger partial charge is 0.387 e. The quantitative estimate of drug-likeness (QED) is 0.871. The fraction of sp³-hybridized carbons (Fsp3) is 0.562. The van der Waals surface area contributed by atoms with Crippen LogP contribution in [0.4, 0.5) is 5.69 Å². The Morgan fingerprint density at radius 3 is 2.58 bits per heavy atom. The lowest BCUT2D eigenvalue weighted by Crippen LogP contribution is -2.37. The average Bonchev–Trinajstić information content (AvgIpc) is 2.45. The Morgan fingerprint density at radius 2 is 1.89 bits per heavy atom. The summed E-state index contributed by atoms with van der Waals surface area (Å²) in [5, 5.41) is 6.17. The number of anilines is 1. The van der Waals surface area contributed by atoms with Gasteiger partial charge in [-0.1, -0.05) is 38.3 Å². The van der Waals surface area contributed by atoms with Gasteiger partial charge in [-0.05, 0) is 30.4 Å². The second-order valence-electron chi connectivity index (χ2n) is 5.85. The van der Waals surface area contributed by atoms with Gasteiger partial charge in [0.1, 0.15) is 0 Å². The SMILES string of the molecule is CNc1ccccc1C(=O)NCC1(C)CCCCC1. The van der Waals surface area contributed by atoms with Crippen LogP contribution in [0.1, 0.15) is 49.4 Å². The minimum absolute atomic E-state index is 0.0248. The van der Waals surface area contributed by atoms with Gasteiger partial charge in [-0.25, -0.2) is 0 Å². The van der Waals surface area contributed by atoms with Gasteiger partial charge in [-0.15, -0.1) is 0 Å². The average molecular weight is 260 g/mol. The Labute approximate surface area is 115 Å². The molecule has 2 N–H and O–H groups in total. The number of carbonyl (C=O) groups excluding carboxylic acids is 1. The van der Waals surface area contributed by atoms with Crippen molar-refractivity contribution >= 4 is 11.6 Å². The number of carbonyl (C=O) groups is 1. The molecule has 19 heavy (non-hydrogen) atoms. The zero-order valence-corrected chi connectivity index (χ0v) is 12.0. The minimum atomic E-state index is 0.0248. The van der Waals surface area contributed by atoms with E-state index in [1.807, 2.05) is 31.3 Å². The van der Waals surface area contributed by atoms with E-state index in [-0.39, 0.29) is 11.3 Å². The van der Waals surface area contributed by atoms with E-state index < -0.39 is 0 Å². The Morgan fingerprint density at radius 1 is 1.21 bits per heavy atom. The second-order valence-corrected chi connectivity index (χ2v) is 5.85. The van der Waals surface area contributed by atoms with E-state index in [0.29, 0.717) is 0 Å². The van der Waals surface area contributed by atoms with E-state index in [1.54, 1.807) is 0 Å². The molecule has 0 heterocycles. The highest BCUT2D eigenvalue weighted by Gasteiger charge is 2.27. The summed E-state index contributed by atoms with van der Waals surface area (Å²) in [4.78, 5) is 12.3. The summed E-state index contributed by atoms with van der Waals surface area (Å²) in [7, 11) is 1.84. The number of benzene rings is 1. The van der Waals surface area contributed by atoms with Gasteiger partial charge in [-0.2, -0.15) is 0 Å². The molecule has 1 fully saturated rings. The van der Waals surface area contributed by atoms with Crippen LogP contribution in [0.15, 0.2) is 24.3 Å². The van der Waals surface area contributed by atoms with Crippen molar-refractivity contribution in [3.8, 4) is 0 Å². The molecule has 1 aliphatic rings. The van der Waals surface area contributed by atoms with Crippen LogP contribution in [-0.4, -0.2) is 19.5 Å². The summed E-state index contributed by atoms with van der Waals surface area (Å²) in [6, 6.07) is 7.63. The van der Waals surface area contributed by atoms with Gasteiger partial charge in [-0.3, -0.25) is 4.79 Å². The molecule has 0 bridgehead atoms. The standard InChI is InChI=1S/C16H24N2O/c1-16(10-6-3-7-11-16)12-18-15(19)13-8-4-5-9-14(13)17-2/h4-5,8-9,17H,3,6-7,10-12H2,1-2H3,(H,18,19). The lowest BCUT2D eigenvalue weighted by atomic mass is 9.76. The van der Waals surface area contributed by atoms with Crippen molar-refractivity contribution in [2.75, 3.05) is 18.9 Å². The number of hydrogen-bond acceptors (Lipinski definition) is 2. The first-order valence-electron chi connectivity index (χ1n) is 7.20. The van der Waals surface area contributed by atoms with Gasteiger partial charge in [0, 0.05) is 19.3 Å². The molecular weight excluding hydrogens is 236 g/mol. The Kier molecular flexibility index (Phi) is 4.46. The summed E-state index contributed by atoms with van der Waals surface area (Å²) in [5.74, 6) is 0.0248. The van der Waals surface area contributed by atoms with E-state index in [9.17, 15) is 4.79 Å². The highest BCUT2D eigenvalue weighted by atomic mass is 16.1. The van der Waals surface area contributed by atoms with Crippen molar-refractivity contribution in [2.24, 2.45) is 5.41 Å². The Hall–Kier alpha value is -1.51. The van der Waals surface area contributed by atoms with Crippen LogP contribution < -0.4 is 10.6 Å². The van der Waals surface area contributed by atoms with Crippen LogP contribution in [-0.2, 0) is 0 Å². The monoisotopic (exact) mass is 260 g/mol. The highest BCUT2D eigenvalue weighted by Crippen LogP contribution is 2.35. The molecule has 2 rings (SSSR count). The third-order valence-electron chi connectivity index (χ3n) is 4.18. The predicted molar refractivity (Wildman–Crippen MR) is 79.5 cm³/mol.